The number of amides is 1. The maximum absolute atomic E-state index is 12.8. The molecule has 3 heterocycles. The van der Waals surface area contributed by atoms with Gasteiger partial charge in [0, 0.05) is 48.9 Å². The number of nitrogens with zero attached hydrogens (tertiary/aromatic N) is 4. The number of benzene rings is 2. The fourth-order valence-electron chi connectivity index (χ4n) is 4.68. The van der Waals surface area contributed by atoms with Crippen LogP contribution in [0.4, 0.5) is 11.4 Å². The minimum Gasteiger partial charge on any atom is -0.352 e. The predicted molar refractivity (Wildman–Crippen MR) is 149 cm³/mol. The van der Waals surface area contributed by atoms with Crippen LogP contribution in [0.15, 0.2) is 91.3 Å². The first-order valence-corrected chi connectivity index (χ1v) is 12.6. The predicted octanol–water partition coefficient (Wildman–Crippen LogP) is 5.09. The van der Waals surface area contributed by atoms with Crippen molar-refractivity contribution in [2.45, 2.75) is 25.4 Å². The van der Waals surface area contributed by atoms with Gasteiger partial charge in [-0.1, -0.05) is 29.8 Å². The van der Waals surface area contributed by atoms with Crippen LogP contribution in [-0.2, 0) is 4.79 Å². The number of hydrogen-bond acceptors (Lipinski definition) is 5. The molecule has 1 aliphatic rings. The van der Waals surface area contributed by atoms with Crippen LogP contribution in [-0.4, -0.2) is 36.9 Å². The number of rotatable bonds is 8. The van der Waals surface area contributed by atoms with E-state index in [1.807, 2.05) is 83.3 Å². The summed E-state index contributed by atoms with van der Waals surface area (Å²) in [4.78, 5) is 30.4. The van der Waals surface area contributed by atoms with Crippen LogP contribution in [0.25, 0.3) is 5.69 Å². The van der Waals surface area contributed by atoms with Crippen LogP contribution in [0.2, 0.25) is 0 Å². The lowest BCUT2D eigenvalue weighted by molar-refractivity contribution is -0.384. The van der Waals surface area contributed by atoms with Crippen molar-refractivity contribution in [2.24, 2.45) is 0 Å². The van der Waals surface area contributed by atoms with Crippen molar-refractivity contribution in [1.82, 2.24) is 19.8 Å². The summed E-state index contributed by atoms with van der Waals surface area (Å²) in [5.74, 6) is -0.120. The van der Waals surface area contributed by atoms with Gasteiger partial charge in [0.25, 0.3) is 5.69 Å². The van der Waals surface area contributed by atoms with E-state index < -0.39 is 4.92 Å². The van der Waals surface area contributed by atoms with Crippen LogP contribution in [0, 0.1) is 17.0 Å². The van der Waals surface area contributed by atoms with E-state index in [4.69, 9.17) is 12.2 Å². The molecule has 0 aliphatic carbocycles. The minimum absolute atomic E-state index is 0.00752. The van der Waals surface area contributed by atoms with Crippen molar-refractivity contribution >= 4 is 34.6 Å². The van der Waals surface area contributed by atoms with E-state index in [-0.39, 0.29) is 30.1 Å². The highest BCUT2D eigenvalue weighted by Gasteiger charge is 2.41. The highest BCUT2D eigenvalue weighted by molar-refractivity contribution is 7.80. The molecule has 4 aromatic rings. The lowest BCUT2D eigenvalue weighted by atomic mass is 10.0. The van der Waals surface area contributed by atoms with Crippen molar-refractivity contribution in [3.05, 3.63) is 118 Å². The average Bonchev–Trinajstić information content (AvgIpc) is 3.53. The van der Waals surface area contributed by atoms with Gasteiger partial charge in [0.2, 0.25) is 5.91 Å². The van der Waals surface area contributed by atoms with Gasteiger partial charge in [-0.25, -0.2) is 0 Å². The summed E-state index contributed by atoms with van der Waals surface area (Å²) in [6.07, 6.45) is 3.82. The molecule has 38 heavy (non-hydrogen) atoms. The van der Waals surface area contributed by atoms with E-state index in [2.05, 4.69) is 15.6 Å². The molecule has 1 saturated heterocycles. The number of nitrogens with one attached hydrogen (secondary N) is 2. The molecule has 0 saturated carbocycles. The highest BCUT2D eigenvalue weighted by atomic mass is 32.1. The smallest absolute Gasteiger partial charge is 0.271 e. The fraction of sp³-hybridized carbons (Fsp3) is 0.179. The third-order valence-corrected chi connectivity index (χ3v) is 6.87. The largest absolute Gasteiger partial charge is 0.352 e. The molecule has 2 N–H and O–H groups in total. The fourth-order valence-corrected chi connectivity index (χ4v) is 5.01. The van der Waals surface area contributed by atoms with Crippen LogP contribution < -0.4 is 10.6 Å². The van der Waals surface area contributed by atoms with E-state index in [9.17, 15) is 14.9 Å². The maximum Gasteiger partial charge on any atom is 0.271 e. The zero-order valence-electron chi connectivity index (χ0n) is 20.7. The van der Waals surface area contributed by atoms with E-state index in [1.165, 1.54) is 6.07 Å². The Bertz CT molecular complexity index is 1470. The third-order valence-electron chi connectivity index (χ3n) is 6.51. The Hall–Kier alpha value is -4.57. The molecule has 0 radical (unpaired) electrons. The van der Waals surface area contributed by atoms with Crippen molar-refractivity contribution < 1.29 is 9.72 Å². The van der Waals surface area contributed by atoms with Gasteiger partial charge >= 0.3 is 0 Å². The number of carbonyl (C=O) groups is 1. The first-order chi connectivity index (χ1) is 18.4. The zero-order valence-corrected chi connectivity index (χ0v) is 21.5. The first-order valence-electron chi connectivity index (χ1n) is 12.2. The molecule has 0 unspecified atom stereocenters. The number of non-ortho nitro benzene ring substituents is 1. The number of anilines is 1. The molecule has 0 bridgehead atoms. The number of aromatic nitrogens is 2. The van der Waals surface area contributed by atoms with E-state index in [1.54, 1.807) is 18.3 Å². The summed E-state index contributed by atoms with van der Waals surface area (Å²) < 4.78 is 1.92. The van der Waals surface area contributed by atoms with Gasteiger partial charge in [-0.05, 0) is 61.6 Å². The molecule has 1 aliphatic heterocycles. The molecule has 1 amide bonds. The van der Waals surface area contributed by atoms with Gasteiger partial charge < -0.3 is 20.1 Å². The number of pyridine rings is 1. The van der Waals surface area contributed by atoms with Gasteiger partial charge in [0.1, 0.15) is 0 Å². The SMILES string of the molecule is Cc1ccc(NC(=O)CCN2C(=S)N[C@H](c3ccccn3)[C@H]2c2cccn2-c2cccc([N+](=O)[O-])c2)cc1. The average molecular weight is 527 g/mol. The molecule has 1 fully saturated rings. The second-order valence-corrected chi connectivity index (χ2v) is 9.45. The van der Waals surface area contributed by atoms with Crippen molar-refractivity contribution in [3.63, 3.8) is 0 Å². The summed E-state index contributed by atoms with van der Waals surface area (Å²) >= 11 is 5.74. The Morgan fingerprint density at radius 2 is 1.92 bits per heavy atom. The van der Waals surface area contributed by atoms with E-state index >= 15 is 0 Å². The van der Waals surface area contributed by atoms with E-state index in [0.29, 0.717) is 17.3 Å². The molecule has 10 heteroatoms. The number of carbonyl (C=O) groups excluding carboxylic acids is 1. The summed E-state index contributed by atoms with van der Waals surface area (Å²) in [6.45, 7) is 2.37. The van der Waals surface area contributed by atoms with Gasteiger partial charge in [0.05, 0.1) is 28.4 Å². The van der Waals surface area contributed by atoms with Gasteiger partial charge in [-0.15, -0.1) is 0 Å². The second-order valence-electron chi connectivity index (χ2n) is 9.06. The van der Waals surface area contributed by atoms with Crippen molar-refractivity contribution in [2.75, 3.05) is 11.9 Å². The molecular weight excluding hydrogens is 500 g/mol. The van der Waals surface area contributed by atoms with E-state index in [0.717, 1.165) is 22.6 Å². The van der Waals surface area contributed by atoms with Crippen LogP contribution >= 0.6 is 12.2 Å². The molecule has 0 spiro atoms. The summed E-state index contributed by atoms with van der Waals surface area (Å²) in [5, 5.41) is 18.3. The normalized spacial score (nSPS) is 16.8. The number of nitro benzene ring substituents is 1. The standard InChI is InChI=1S/C28H26N6O3S/c1-19-10-12-20(13-11-19)30-25(35)14-17-33-27(26(31-28(33)38)23-8-2-3-15-29-23)24-9-5-16-32(24)21-6-4-7-22(18-21)34(36)37/h2-13,15-16,18,26-27H,14,17H2,1H3,(H,30,35)(H,31,38)/t26-,27-/m1/s1. The van der Waals surface area contributed by atoms with Crippen molar-refractivity contribution in [1.29, 1.82) is 0 Å². The monoisotopic (exact) mass is 526 g/mol. The van der Waals surface area contributed by atoms with Crippen LogP contribution in [0.3, 0.4) is 0 Å². The van der Waals surface area contributed by atoms with Crippen LogP contribution in [0.1, 0.15) is 35.5 Å². The topological polar surface area (TPSA) is 105 Å². The Morgan fingerprint density at radius 1 is 1.11 bits per heavy atom. The number of aryl methyl sites for hydroxylation is 1. The quantitative estimate of drug-likeness (QED) is 0.187. The molecular formula is C28H26N6O3S. The lowest BCUT2D eigenvalue weighted by Crippen LogP contribution is -2.33. The summed E-state index contributed by atoms with van der Waals surface area (Å²) in [6, 6.07) is 23.1. The lowest BCUT2D eigenvalue weighted by Gasteiger charge is -2.28. The Labute approximate surface area is 225 Å². The van der Waals surface area contributed by atoms with Crippen molar-refractivity contribution in [3.8, 4) is 5.69 Å². The first kappa shape index (κ1) is 25.1. The third kappa shape index (κ3) is 5.25. The Kier molecular flexibility index (Phi) is 7.14. The van der Waals surface area contributed by atoms with Gasteiger partial charge in [-0.3, -0.25) is 19.9 Å². The zero-order chi connectivity index (χ0) is 26.6. The molecule has 2 aromatic carbocycles. The summed E-state index contributed by atoms with van der Waals surface area (Å²) in [7, 11) is 0. The molecule has 2 aromatic heterocycles. The number of thiocarbonyl (C=S) groups is 1. The Morgan fingerprint density at radius 3 is 2.66 bits per heavy atom. The van der Waals surface area contributed by atoms with Gasteiger partial charge in [0.15, 0.2) is 5.11 Å². The number of hydrogen-bond donors (Lipinski definition) is 2. The Balaban J connectivity index is 1.45. The summed E-state index contributed by atoms with van der Waals surface area (Å²) in [5.41, 5.74) is 4.20. The molecule has 2 atom stereocenters. The molecule has 5 rings (SSSR count). The minimum atomic E-state index is -0.408. The molecule has 9 nitrogen and oxygen atoms in total. The second kappa shape index (κ2) is 10.8. The highest BCUT2D eigenvalue weighted by Crippen LogP contribution is 2.39. The van der Waals surface area contributed by atoms with Crippen LogP contribution in [0.5, 0.6) is 0 Å². The molecule has 192 valence electrons. The van der Waals surface area contributed by atoms with Gasteiger partial charge in [-0.2, -0.15) is 0 Å². The maximum atomic E-state index is 12.8. The number of nitro groups is 1.